The predicted octanol–water partition coefficient (Wildman–Crippen LogP) is -0.230. The van der Waals surface area contributed by atoms with Crippen LogP contribution in [0.1, 0.15) is 26.7 Å². The van der Waals surface area contributed by atoms with Crippen LogP contribution in [0.3, 0.4) is 0 Å². The van der Waals surface area contributed by atoms with Crippen LogP contribution >= 0.6 is 0 Å². The lowest BCUT2D eigenvalue weighted by atomic mass is 10.1. The van der Waals surface area contributed by atoms with Crippen molar-refractivity contribution < 1.29 is 19.5 Å². The lowest BCUT2D eigenvalue weighted by Crippen LogP contribution is -2.54. The molecule has 0 aliphatic carbocycles. The van der Waals surface area contributed by atoms with Crippen molar-refractivity contribution in [1.82, 2.24) is 15.5 Å². The van der Waals surface area contributed by atoms with E-state index in [2.05, 4.69) is 10.6 Å². The van der Waals surface area contributed by atoms with Crippen molar-refractivity contribution in [2.24, 2.45) is 0 Å². The summed E-state index contributed by atoms with van der Waals surface area (Å²) >= 11 is 0. The summed E-state index contributed by atoms with van der Waals surface area (Å²) in [5.41, 5.74) is 0. The minimum Gasteiger partial charge on any atom is -0.480 e. The Kier molecular flexibility index (Phi) is 4.94. The Labute approximate surface area is 106 Å². The van der Waals surface area contributed by atoms with Gasteiger partial charge >= 0.3 is 12.0 Å². The molecule has 1 heterocycles. The maximum atomic E-state index is 11.9. The van der Waals surface area contributed by atoms with Crippen molar-refractivity contribution in [1.29, 1.82) is 0 Å². The Balaban J connectivity index is 2.50. The Morgan fingerprint density at radius 3 is 2.67 bits per heavy atom. The molecule has 1 unspecified atom stereocenters. The van der Waals surface area contributed by atoms with Crippen LogP contribution in [0.5, 0.6) is 0 Å². The van der Waals surface area contributed by atoms with Gasteiger partial charge < -0.3 is 20.6 Å². The number of carboxylic acids is 1. The monoisotopic (exact) mass is 257 g/mol. The topological polar surface area (TPSA) is 98.7 Å². The molecule has 7 heteroatoms. The van der Waals surface area contributed by atoms with E-state index in [1.165, 1.54) is 4.90 Å². The number of urea groups is 1. The van der Waals surface area contributed by atoms with Gasteiger partial charge in [-0.05, 0) is 20.3 Å². The van der Waals surface area contributed by atoms with E-state index in [1.807, 2.05) is 0 Å². The molecule has 1 saturated heterocycles. The molecule has 0 aromatic heterocycles. The number of carbonyl (C=O) groups excluding carboxylic acids is 2. The SMILES string of the molecule is CC(C)N(CC(=O)O)C(=O)NC1CCC(=O)NC1. The van der Waals surface area contributed by atoms with Gasteiger partial charge in [-0.3, -0.25) is 9.59 Å². The quantitative estimate of drug-likeness (QED) is 0.647. The van der Waals surface area contributed by atoms with Gasteiger partial charge in [0.25, 0.3) is 0 Å². The Bertz CT molecular complexity index is 333. The molecule has 1 aliphatic heterocycles. The zero-order valence-corrected chi connectivity index (χ0v) is 10.6. The second-order valence-electron chi connectivity index (χ2n) is 4.60. The van der Waals surface area contributed by atoms with Crippen LogP contribution < -0.4 is 10.6 Å². The third-order valence-corrected chi connectivity index (χ3v) is 2.78. The maximum absolute atomic E-state index is 11.9. The summed E-state index contributed by atoms with van der Waals surface area (Å²) in [6.45, 7) is 3.57. The lowest BCUT2D eigenvalue weighted by Gasteiger charge is -2.29. The van der Waals surface area contributed by atoms with Gasteiger partial charge in [0.05, 0.1) is 0 Å². The first-order valence-electron chi connectivity index (χ1n) is 5.95. The number of amides is 3. The number of rotatable bonds is 4. The van der Waals surface area contributed by atoms with Crippen LogP contribution in [0.2, 0.25) is 0 Å². The summed E-state index contributed by atoms with van der Waals surface area (Å²) in [5, 5.41) is 14.1. The van der Waals surface area contributed by atoms with Crippen molar-refractivity contribution in [2.45, 2.75) is 38.8 Å². The molecule has 0 aromatic rings. The molecule has 0 bridgehead atoms. The molecule has 1 rings (SSSR count). The summed E-state index contributed by atoms with van der Waals surface area (Å²) < 4.78 is 0. The van der Waals surface area contributed by atoms with E-state index in [4.69, 9.17) is 5.11 Å². The highest BCUT2D eigenvalue weighted by Crippen LogP contribution is 2.05. The van der Waals surface area contributed by atoms with Crippen LogP contribution in [0.4, 0.5) is 4.79 Å². The van der Waals surface area contributed by atoms with Crippen LogP contribution in [-0.4, -0.2) is 53.1 Å². The third kappa shape index (κ3) is 4.23. The van der Waals surface area contributed by atoms with Crippen LogP contribution in [0.25, 0.3) is 0 Å². The highest BCUT2D eigenvalue weighted by atomic mass is 16.4. The van der Waals surface area contributed by atoms with Gasteiger partial charge in [0.2, 0.25) is 5.91 Å². The standard InChI is InChI=1S/C11H19N3O4/c1-7(2)14(6-10(16)17)11(18)13-8-3-4-9(15)12-5-8/h7-8H,3-6H2,1-2H3,(H,12,15)(H,13,18)(H,16,17). The van der Waals surface area contributed by atoms with Crippen molar-refractivity contribution >= 4 is 17.9 Å². The molecule has 7 nitrogen and oxygen atoms in total. The molecular formula is C11H19N3O4. The molecular weight excluding hydrogens is 238 g/mol. The second kappa shape index (κ2) is 6.23. The fraction of sp³-hybridized carbons (Fsp3) is 0.727. The van der Waals surface area contributed by atoms with Crippen molar-refractivity contribution in [3.63, 3.8) is 0 Å². The van der Waals surface area contributed by atoms with Gasteiger partial charge in [-0.15, -0.1) is 0 Å². The predicted molar refractivity (Wildman–Crippen MR) is 64.0 cm³/mol. The minimum absolute atomic E-state index is 0.0215. The molecule has 0 spiro atoms. The Morgan fingerprint density at radius 1 is 1.56 bits per heavy atom. The number of hydrogen-bond donors (Lipinski definition) is 3. The molecule has 18 heavy (non-hydrogen) atoms. The molecule has 0 saturated carbocycles. The minimum atomic E-state index is -1.05. The third-order valence-electron chi connectivity index (χ3n) is 2.78. The van der Waals surface area contributed by atoms with E-state index in [0.717, 1.165) is 0 Å². The summed E-state index contributed by atoms with van der Waals surface area (Å²) in [7, 11) is 0. The van der Waals surface area contributed by atoms with E-state index < -0.39 is 12.0 Å². The van der Waals surface area contributed by atoms with E-state index >= 15 is 0 Å². The molecule has 1 atom stereocenters. The van der Waals surface area contributed by atoms with Crippen LogP contribution in [0.15, 0.2) is 0 Å². The highest BCUT2D eigenvalue weighted by molar-refractivity contribution is 5.81. The Morgan fingerprint density at radius 2 is 2.22 bits per heavy atom. The van der Waals surface area contributed by atoms with Crippen molar-refractivity contribution in [3.8, 4) is 0 Å². The second-order valence-corrected chi connectivity index (χ2v) is 4.60. The number of hydrogen-bond acceptors (Lipinski definition) is 3. The number of aliphatic carboxylic acids is 1. The van der Waals surface area contributed by atoms with Crippen LogP contribution in [0, 0.1) is 0 Å². The molecule has 1 aliphatic rings. The zero-order chi connectivity index (χ0) is 13.7. The van der Waals surface area contributed by atoms with E-state index in [-0.39, 0.29) is 24.5 Å². The molecule has 1 fully saturated rings. The fourth-order valence-corrected chi connectivity index (χ4v) is 1.75. The van der Waals surface area contributed by atoms with Gasteiger partial charge in [-0.1, -0.05) is 0 Å². The molecule has 0 aromatic carbocycles. The van der Waals surface area contributed by atoms with Gasteiger partial charge in [-0.25, -0.2) is 4.79 Å². The molecule has 0 radical (unpaired) electrons. The Hall–Kier alpha value is -1.79. The largest absolute Gasteiger partial charge is 0.480 e. The number of nitrogens with one attached hydrogen (secondary N) is 2. The first-order chi connectivity index (χ1) is 8.40. The number of carbonyl (C=O) groups is 3. The lowest BCUT2D eigenvalue weighted by molar-refractivity contribution is -0.138. The molecule has 3 amide bonds. The highest BCUT2D eigenvalue weighted by Gasteiger charge is 2.24. The molecule has 3 N–H and O–H groups in total. The van der Waals surface area contributed by atoms with Gasteiger partial charge in [0.1, 0.15) is 6.54 Å². The fourth-order valence-electron chi connectivity index (χ4n) is 1.75. The summed E-state index contributed by atoms with van der Waals surface area (Å²) in [6.07, 6.45) is 0.960. The number of carboxylic acid groups (broad SMARTS) is 1. The average molecular weight is 257 g/mol. The number of piperidine rings is 1. The van der Waals surface area contributed by atoms with E-state index in [0.29, 0.717) is 19.4 Å². The normalized spacial score (nSPS) is 19.3. The summed E-state index contributed by atoms with van der Waals surface area (Å²) in [6, 6.07) is -0.738. The first-order valence-corrected chi connectivity index (χ1v) is 5.95. The zero-order valence-electron chi connectivity index (χ0n) is 10.6. The average Bonchev–Trinajstić information content (AvgIpc) is 2.28. The van der Waals surface area contributed by atoms with E-state index in [1.54, 1.807) is 13.8 Å². The van der Waals surface area contributed by atoms with Gasteiger partial charge in [0, 0.05) is 25.0 Å². The van der Waals surface area contributed by atoms with Crippen LogP contribution in [-0.2, 0) is 9.59 Å². The molecule has 102 valence electrons. The summed E-state index contributed by atoms with van der Waals surface area (Å²) in [5.74, 6) is -1.07. The van der Waals surface area contributed by atoms with Crippen molar-refractivity contribution in [3.05, 3.63) is 0 Å². The summed E-state index contributed by atoms with van der Waals surface area (Å²) in [4.78, 5) is 34.8. The van der Waals surface area contributed by atoms with Gasteiger partial charge in [-0.2, -0.15) is 0 Å². The smallest absolute Gasteiger partial charge is 0.323 e. The first kappa shape index (κ1) is 14.3. The van der Waals surface area contributed by atoms with E-state index in [9.17, 15) is 14.4 Å². The number of nitrogens with zero attached hydrogens (tertiary/aromatic N) is 1. The van der Waals surface area contributed by atoms with Crippen molar-refractivity contribution in [2.75, 3.05) is 13.1 Å². The maximum Gasteiger partial charge on any atom is 0.323 e. The van der Waals surface area contributed by atoms with Gasteiger partial charge in [0.15, 0.2) is 0 Å².